The minimum Gasteiger partial charge on any atom is -0.487 e. The van der Waals surface area contributed by atoms with Crippen molar-refractivity contribution >= 4 is 11.6 Å². The molecule has 1 aliphatic heterocycles. The Kier molecular flexibility index (Phi) is 6.92. The molecule has 0 saturated carbocycles. The lowest BCUT2D eigenvalue weighted by Crippen LogP contribution is -2.54. The van der Waals surface area contributed by atoms with E-state index in [0.717, 1.165) is 12.1 Å². The fraction of sp³-hybridized carbons (Fsp3) is 0.391. The van der Waals surface area contributed by atoms with Gasteiger partial charge in [-0.3, -0.25) is 4.90 Å². The molecule has 1 N–H and O–H groups in total. The van der Waals surface area contributed by atoms with Gasteiger partial charge in [0.05, 0.1) is 6.54 Å². The van der Waals surface area contributed by atoms with Crippen molar-refractivity contribution in [3.05, 3.63) is 77.1 Å². The van der Waals surface area contributed by atoms with Crippen molar-refractivity contribution in [3.8, 4) is 5.75 Å². The van der Waals surface area contributed by atoms with Crippen LogP contribution >= 0.6 is 11.6 Å². The van der Waals surface area contributed by atoms with Crippen LogP contribution in [0.5, 0.6) is 5.75 Å². The molecule has 1 aromatic heterocycles. The quantitative estimate of drug-likeness (QED) is 0.550. The molecule has 0 spiro atoms. The zero-order valence-electron chi connectivity index (χ0n) is 18.0. The van der Waals surface area contributed by atoms with Crippen molar-refractivity contribution in [2.45, 2.75) is 44.1 Å². The number of hydrogen-bond acceptors (Lipinski definition) is 5. The summed E-state index contributed by atoms with van der Waals surface area (Å²) in [4.78, 5) is 5.90. The van der Waals surface area contributed by atoms with Gasteiger partial charge in [0, 0.05) is 35.8 Å². The van der Waals surface area contributed by atoms with E-state index in [-0.39, 0.29) is 24.0 Å². The largest absolute Gasteiger partial charge is 0.487 e. The molecule has 0 bridgehead atoms. The van der Waals surface area contributed by atoms with Crippen molar-refractivity contribution < 1.29 is 23.0 Å². The molecule has 2 heterocycles. The summed E-state index contributed by atoms with van der Waals surface area (Å²) >= 11 is 5.79. The van der Waals surface area contributed by atoms with Gasteiger partial charge in [-0.1, -0.05) is 17.7 Å². The van der Waals surface area contributed by atoms with E-state index >= 15 is 0 Å². The maximum atomic E-state index is 14.7. The highest BCUT2D eigenvalue weighted by atomic mass is 35.5. The molecule has 1 saturated heterocycles. The van der Waals surface area contributed by atoms with E-state index in [1.54, 1.807) is 13.0 Å². The number of likely N-dealkylation sites (tertiary alicyclic amines) is 1. The first kappa shape index (κ1) is 23.5. The topological polar surface area (TPSA) is 63.4 Å². The molecule has 0 unspecified atom stereocenters. The number of benzene rings is 2. The zero-order chi connectivity index (χ0) is 23.6. The fourth-order valence-electron chi connectivity index (χ4n) is 4.28. The molecule has 0 amide bonds. The first-order valence-corrected chi connectivity index (χ1v) is 11.0. The average Bonchev–Trinajstić information content (AvgIpc) is 3.28. The number of piperidine rings is 1. The monoisotopic (exact) mass is 480 g/mol. The summed E-state index contributed by atoms with van der Waals surface area (Å²) in [5.74, 6) is -1.94. The molecule has 0 aliphatic carbocycles. The first-order valence-electron chi connectivity index (χ1n) is 10.6. The van der Waals surface area contributed by atoms with Gasteiger partial charge < -0.3 is 9.84 Å². The van der Waals surface area contributed by atoms with Gasteiger partial charge in [-0.2, -0.15) is 5.10 Å². The van der Waals surface area contributed by atoms with Crippen LogP contribution in [0.1, 0.15) is 25.3 Å². The van der Waals surface area contributed by atoms with Crippen molar-refractivity contribution in [2.24, 2.45) is 0 Å². The molecule has 2 atom stereocenters. The summed E-state index contributed by atoms with van der Waals surface area (Å²) in [5.41, 5.74) is -1.73. The van der Waals surface area contributed by atoms with Crippen LogP contribution in [-0.4, -0.2) is 50.0 Å². The number of aromatic nitrogens is 3. The predicted molar refractivity (Wildman–Crippen MR) is 116 cm³/mol. The lowest BCUT2D eigenvalue weighted by molar-refractivity contribution is -0.0748. The van der Waals surface area contributed by atoms with Crippen LogP contribution < -0.4 is 4.74 Å². The van der Waals surface area contributed by atoms with E-state index in [1.807, 2.05) is 4.90 Å². The molecular weight excluding hydrogens is 457 g/mol. The zero-order valence-corrected chi connectivity index (χ0v) is 18.7. The Morgan fingerprint density at radius 2 is 1.91 bits per heavy atom. The van der Waals surface area contributed by atoms with Crippen LogP contribution in [-0.2, 0) is 12.1 Å². The minimum absolute atomic E-state index is 0.0199. The summed E-state index contributed by atoms with van der Waals surface area (Å²) in [6.07, 6.45) is 3.70. The van der Waals surface area contributed by atoms with Crippen LogP contribution in [0.3, 0.4) is 0 Å². The van der Waals surface area contributed by atoms with E-state index in [2.05, 4.69) is 10.1 Å². The van der Waals surface area contributed by atoms with Gasteiger partial charge >= 0.3 is 0 Å². The molecule has 33 heavy (non-hydrogen) atoms. The Morgan fingerprint density at radius 1 is 1.15 bits per heavy atom. The third kappa shape index (κ3) is 5.15. The standard InChI is InChI=1S/C23H24ClF3N4O2/c1-15(30-8-6-18(7-9-30)33-22-5-2-16(24)10-21(22)27)23(32,12-31-14-28-13-29-31)19-4-3-17(25)11-20(19)26/h2-5,10-11,13-15,18,32H,6-9,12H2,1H3/t15-,23-/m1/s1. The lowest BCUT2D eigenvalue weighted by Gasteiger charge is -2.44. The van der Waals surface area contributed by atoms with Crippen molar-refractivity contribution in [1.82, 2.24) is 19.7 Å². The van der Waals surface area contributed by atoms with Crippen molar-refractivity contribution in [1.29, 1.82) is 0 Å². The second-order valence-corrected chi connectivity index (χ2v) is 8.68. The van der Waals surface area contributed by atoms with Gasteiger partial charge in [0.15, 0.2) is 11.6 Å². The SMILES string of the molecule is C[C@@H](N1CCC(Oc2ccc(Cl)cc2F)CC1)[C@](O)(Cn1cncn1)c1ccc(F)cc1F. The lowest BCUT2D eigenvalue weighted by atomic mass is 9.84. The predicted octanol–water partition coefficient (Wildman–Crippen LogP) is 4.17. The number of halogens is 4. The van der Waals surface area contributed by atoms with E-state index in [4.69, 9.17) is 16.3 Å². The van der Waals surface area contributed by atoms with E-state index in [9.17, 15) is 18.3 Å². The van der Waals surface area contributed by atoms with E-state index in [1.165, 1.54) is 35.5 Å². The highest BCUT2D eigenvalue weighted by molar-refractivity contribution is 6.30. The number of hydrogen-bond donors (Lipinski definition) is 1. The summed E-state index contributed by atoms with van der Waals surface area (Å²) in [6.45, 7) is 2.79. The Hall–Kier alpha value is -2.62. The molecule has 10 heteroatoms. The fourth-order valence-corrected chi connectivity index (χ4v) is 4.44. The molecule has 0 radical (unpaired) electrons. The van der Waals surface area contributed by atoms with Crippen LogP contribution in [0.25, 0.3) is 0 Å². The maximum Gasteiger partial charge on any atom is 0.166 e. The van der Waals surface area contributed by atoms with Gasteiger partial charge in [0.2, 0.25) is 0 Å². The van der Waals surface area contributed by atoms with Gasteiger partial charge in [0.25, 0.3) is 0 Å². The van der Waals surface area contributed by atoms with E-state index in [0.29, 0.717) is 31.0 Å². The van der Waals surface area contributed by atoms with Gasteiger partial charge in [0.1, 0.15) is 36.0 Å². The Morgan fingerprint density at radius 3 is 2.55 bits per heavy atom. The van der Waals surface area contributed by atoms with Gasteiger partial charge in [-0.05, 0) is 44.0 Å². The maximum absolute atomic E-state index is 14.7. The van der Waals surface area contributed by atoms with Crippen LogP contribution in [0.2, 0.25) is 5.02 Å². The highest BCUT2D eigenvalue weighted by Gasteiger charge is 2.43. The Bertz CT molecular complexity index is 1090. The summed E-state index contributed by atoms with van der Waals surface area (Å²) < 4.78 is 49.6. The first-order chi connectivity index (χ1) is 15.8. The van der Waals surface area contributed by atoms with E-state index < -0.39 is 29.1 Å². The van der Waals surface area contributed by atoms with Gasteiger partial charge in [-0.25, -0.2) is 22.8 Å². The Labute approximate surface area is 194 Å². The van der Waals surface area contributed by atoms with Crippen molar-refractivity contribution in [3.63, 3.8) is 0 Å². The second-order valence-electron chi connectivity index (χ2n) is 8.25. The molecule has 4 rings (SSSR count). The number of aliphatic hydroxyl groups is 1. The molecular formula is C23H24ClF3N4O2. The third-order valence-electron chi connectivity index (χ3n) is 6.17. The summed E-state index contributed by atoms with van der Waals surface area (Å²) in [6, 6.07) is 6.87. The van der Waals surface area contributed by atoms with Gasteiger partial charge in [-0.15, -0.1) is 0 Å². The Balaban J connectivity index is 1.50. The van der Waals surface area contributed by atoms with Crippen molar-refractivity contribution in [2.75, 3.05) is 13.1 Å². The third-order valence-corrected chi connectivity index (χ3v) is 6.41. The average molecular weight is 481 g/mol. The normalized spacial score (nSPS) is 18.1. The molecule has 6 nitrogen and oxygen atoms in total. The molecule has 2 aromatic carbocycles. The summed E-state index contributed by atoms with van der Waals surface area (Å²) in [5, 5.41) is 16.1. The van der Waals surface area contributed by atoms with Crippen LogP contribution in [0.4, 0.5) is 13.2 Å². The molecule has 3 aromatic rings. The minimum atomic E-state index is -1.71. The molecule has 1 fully saturated rings. The number of rotatable bonds is 7. The molecule has 176 valence electrons. The second kappa shape index (κ2) is 9.70. The smallest absolute Gasteiger partial charge is 0.166 e. The van der Waals surface area contributed by atoms with Crippen LogP contribution in [0.15, 0.2) is 49.1 Å². The van der Waals surface area contributed by atoms with Crippen LogP contribution in [0, 0.1) is 17.5 Å². The number of ether oxygens (including phenoxy) is 1. The molecule has 1 aliphatic rings. The number of nitrogens with zero attached hydrogens (tertiary/aromatic N) is 4. The summed E-state index contributed by atoms with van der Waals surface area (Å²) in [7, 11) is 0. The highest BCUT2D eigenvalue weighted by Crippen LogP contribution is 2.34.